The van der Waals surface area contributed by atoms with Crippen molar-refractivity contribution < 1.29 is 19.1 Å². The number of ether oxygens (including phenoxy) is 2. The zero-order chi connectivity index (χ0) is 15.0. The molecule has 1 aromatic carbocycles. The zero-order valence-electron chi connectivity index (χ0n) is 12.2. The lowest BCUT2D eigenvalue weighted by Crippen LogP contribution is -2.38. The van der Waals surface area contributed by atoms with Crippen molar-refractivity contribution in [2.75, 3.05) is 24.6 Å². The zero-order valence-corrected chi connectivity index (χ0v) is 12.2. The number of carbonyl (C=O) groups is 2. The number of likely N-dealkylation sites (N-methyl/N-ethyl adjacent to an activating group) is 1. The predicted molar refractivity (Wildman–Crippen MR) is 76.5 cm³/mol. The van der Waals surface area contributed by atoms with E-state index >= 15 is 0 Å². The van der Waals surface area contributed by atoms with E-state index in [4.69, 9.17) is 9.47 Å². The topological polar surface area (TPSA) is 55.8 Å². The van der Waals surface area contributed by atoms with E-state index in [1.54, 1.807) is 0 Å². The van der Waals surface area contributed by atoms with Gasteiger partial charge in [-0.05, 0) is 19.1 Å². The molecule has 0 radical (unpaired) electrons. The van der Waals surface area contributed by atoms with Crippen molar-refractivity contribution >= 4 is 17.6 Å². The largest absolute Gasteiger partial charge is 0.462 e. The van der Waals surface area contributed by atoms with Gasteiger partial charge >= 0.3 is 11.9 Å². The van der Waals surface area contributed by atoms with E-state index in [0.717, 1.165) is 12.2 Å². The number of esters is 2. The van der Waals surface area contributed by atoms with Gasteiger partial charge in [0.2, 0.25) is 0 Å². The molecule has 0 fully saturated rings. The average molecular weight is 279 g/mol. The number of rotatable bonds is 7. The summed E-state index contributed by atoms with van der Waals surface area (Å²) in [6.45, 7) is 6.01. The van der Waals surface area contributed by atoms with Gasteiger partial charge in [-0.1, -0.05) is 18.2 Å². The molecule has 0 bridgehead atoms. The van der Waals surface area contributed by atoms with Gasteiger partial charge in [-0.15, -0.1) is 0 Å². The fourth-order valence-corrected chi connectivity index (χ4v) is 1.87. The Morgan fingerprint density at radius 1 is 1.15 bits per heavy atom. The minimum atomic E-state index is -0.475. The maximum absolute atomic E-state index is 11.1. The van der Waals surface area contributed by atoms with E-state index in [9.17, 15) is 9.59 Å². The van der Waals surface area contributed by atoms with E-state index in [1.165, 1.54) is 13.8 Å². The lowest BCUT2D eigenvalue weighted by Gasteiger charge is -2.27. The van der Waals surface area contributed by atoms with Gasteiger partial charge in [0.25, 0.3) is 0 Å². The quantitative estimate of drug-likeness (QED) is 0.715. The summed E-state index contributed by atoms with van der Waals surface area (Å²) >= 11 is 0. The standard InChI is InChI=1S/C15H21NO4/c1-4-16(14-8-6-5-7-9-14)10-15(20-13(3)18)11-19-12(2)17/h5-9,15H,4,10-11H2,1-3H3. The summed E-state index contributed by atoms with van der Waals surface area (Å²) in [6.07, 6.45) is -0.475. The van der Waals surface area contributed by atoms with Crippen LogP contribution in [0.4, 0.5) is 5.69 Å². The van der Waals surface area contributed by atoms with Crippen molar-refractivity contribution in [1.29, 1.82) is 0 Å². The van der Waals surface area contributed by atoms with Gasteiger partial charge in [0.15, 0.2) is 6.10 Å². The van der Waals surface area contributed by atoms with Crippen LogP contribution in [0.5, 0.6) is 0 Å². The molecule has 1 aromatic rings. The number of hydrogen-bond acceptors (Lipinski definition) is 5. The number of para-hydroxylation sites is 1. The van der Waals surface area contributed by atoms with E-state index in [1.807, 2.05) is 37.3 Å². The van der Waals surface area contributed by atoms with Gasteiger partial charge in [-0.3, -0.25) is 9.59 Å². The van der Waals surface area contributed by atoms with E-state index in [-0.39, 0.29) is 18.5 Å². The van der Waals surface area contributed by atoms with Crippen LogP contribution in [-0.4, -0.2) is 37.7 Å². The Morgan fingerprint density at radius 3 is 2.30 bits per heavy atom. The molecule has 0 spiro atoms. The smallest absolute Gasteiger partial charge is 0.303 e. The number of hydrogen-bond donors (Lipinski definition) is 0. The number of carbonyl (C=O) groups excluding carboxylic acids is 2. The minimum Gasteiger partial charge on any atom is -0.462 e. The predicted octanol–water partition coefficient (Wildman–Crippen LogP) is 2.01. The van der Waals surface area contributed by atoms with Gasteiger partial charge in [0, 0.05) is 26.1 Å². The van der Waals surface area contributed by atoms with Crippen LogP contribution in [0.3, 0.4) is 0 Å². The Bertz CT molecular complexity index is 433. The van der Waals surface area contributed by atoms with Crippen LogP contribution in [0.2, 0.25) is 0 Å². The molecule has 0 aliphatic rings. The Hall–Kier alpha value is -2.04. The summed E-state index contributed by atoms with van der Waals surface area (Å²) in [7, 11) is 0. The van der Waals surface area contributed by atoms with Crippen molar-refractivity contribution in [3.05, 3.63) is 30.3 Å². The normalized spacial score (nSPS) is 11.6. The molecule has 0 saturated heterocycles. The molecule has 0 aliphatic heterocycles. The molecule has 20 heavy (non-hydrogen) atoms. The molecule has 0 heterocycles. The number of benzene rings is 1. The van der Waals surface area contributed by atoms with Crippen LogP contribution < -0.4 is 4.90 Å². The minimum absolute atomic E-state index is 0.0677. The van der Waals surface area contributed by atoms with Crippen LogP contribution in [-0.2, 0) is 19.1 Å². The highest BCUT2D eigenvalue weighted by Gasteiger charge is 2.18. The molecular weight excluding hydrogens is 258 g/mol. The molecule has 0 amide bonds. The number of anilines is 1. The van der Waals surface area contributed by atoms with Crippen molar-refractivity contribution in [1.82, 2.24) is 0 Å². The lowest BCUT2D eigenvalue weighted by molar-refractivity contribution is -0.155. The Morgan fingerprint density at radius 2 is 1.80 bits per heavy atom. The molecule has 1 rings (SSSR count). The molecular formula is C15H21NO4. The molecule has 0 saturated carbocycles. The van der Waals surface area contributed by atoms with Crippen LogP contribution in [0, 0.1) is 0 Å². The van der Waals surface area contributed by atoms with Crippen LogP contribution in [0.25, 0.3) is 0 Å². The molecule has 5 heteroatoms. The van der Waals surface area contributed by atoms with Gasteiger partial charge in [0.1, 0.15) is 6.61 Å². The summed E-state index contributed by atoms with van der Waals surface area (Å²) < 4.78 is 10.1. The lowest BCUT2D eigenvalue weighted by atomic mass is 10.2. The van der Waals surface area contributed by atoms with Gasteiger partial charge in [-0.25, -0.2) is 0 Å². The van der Waals surface area contributed by atoms with Crippen LogP contribution in [0.15, 0.2) is 30.3 Å². The summed E-state index contributed by atoms with van der Waals surface area (Å²) in [5.74, 6) is -0.767. The van der Waals surface area contributed by atoms with E-state index in [2.05, 4.69) is 4.90 Å². The second-order valence-corrected chi connectivity index (χ2v) is 4.41. The highest BCUT2D eigenvalue weighted by molar-refractivity contribution is 5.67. The maximum Gasteiger partial charge on any atom is 0.303 e. The summed E-state index contributed by atoms with van der Waals surface area (Å²) in [5, 5.41) is 0. The first kappa shape index (κ1) is 16.0. The molecule has 0 aliphatic carbocycles. The summed E-state index contributed by atoms with van der Waals surface area (Å²) in [4.78, 5) is 24.1. The Kier molecular flexibility index (Phi) is 6.56. The van der Waals surface area contributed by atoms with Crippen LogP contribution in [0.1, 0.15) is 20.8 Å². The summed E-state index contributed by atoms with van der Waals surface area (Å²) in [5.41, 5.74) is 1.04. The first-order valence-electron chi connectivity index (χ1n) is 6.63. The molecule has 5 nitrogen and oxygen atoms in total. The number of nitrogens with zero attached hydrogens (tertiary/aromatic N) is 1. The summed E-state index contributed by atoms with van der Waals surface area (Å²) in [6, 6.07) is 9.82. The first-order chi connectivity index (χ1) is 9.52. The fourth-order valence-electron chi connectivity index (χ4n) is 1.87. The van der Waals surface area contributed by atoms with Crippen molar-refractivity contribution in [3.63, 3.8) is 0 Å². The van der Waals surface area contributed by atoms with Crippen molar-refractivity contribution in [3.8, 4) is 0 Å². The van der Waals surface area contributed by atoms with Gasteiger partial charge in [0.05, 0.1) is 6.54 Å². The first-order valence-corrected chi connectivity index (χ1v) is 6.63. The van der Waals surface area contributed by atoms with E-state index < -0.39 is 6.10 Å². The molecule has 0 N–H and O–H groups in total. The molecule has 1 unspecified atom stereocenters. The second kappa shape index (κ2) is 8.19. The Balaban J connectivity index is 2.69. The third-order valence-electron chi connectivity index (χ3n) is 2.73. The second-order valence-electron chi connectivity index (χ2n) is 4.41. The van der Waals surface area contributed by atoms with Crippen LogP contribution >= 0.6 is 0 Å². The highest BCUT2D eigenvalue weighted by atomic mass is 16.6. The molecule has 1 atom stereocenters. The van der Waals surface area contributed by atoms with Crippen molar-refractivity contribution in [2.24, 2.45) is 0 Å². The SMILES string of the molecule is CCN(CC(COC(C)=O)OC(C)=O)c1ccccc1. The third-order valence-corrected chi connectivity index (χ3v) is 2.73. The average Bonchev–Trinajstić information content (AvgIpc) is 2.42. The third kappa shape index (κ3) is 5.73. The Labute approximate surface area is 119 Å². The monoisotopic (exact) mass is 279 g/mol. The van der Waals surface area contributed by atoms with Crippen molar-refractivity contribution in [2.45, 2.75) is 26.9 Å². The maximum atomic E-state index is 11.1. The highest BCUT2D eigenvalue weighted by Crippen LogP contribution is 2.14. The fraction of sp³-hybridized carbons (Fsp3) is 0.467. The van der Waals surface area contributed by atoms with E-state index in [0.29, 0.717) is 6.54 Å². The van der Waals surface area contributed by atoms with Gasteiger partial charge < -0.3 is 14.4 Å². The molecule has 110 valence electrons. The van der Waals surface area contributed by atoms with Gasteiger partial charge in [-0.2, -0.15) is 0 Å². The molecule has 0 aromatic heterocycles.